The van der Waals surface area contributed by atoms with Crippen LogP contribution < -0.4 is 5.73 Å². The van der Waals surface area contributed by atoms with Gasteiger partial charge in [0.15, 0.2) is 0 Å². The second-order valence-corrected chi connectivity index (χ2v) is 6.58. The van der Waals surface area contributed by atoms with E-state index in [9.17, 15) is 4.79 Å². The van der Waals surface area contributed by atoms with Gasteiger partial charge in [0, 0.05) is 38.6 Å². The molecular weight excluding hydrogens is 250 g/mol. The van der Waals surface area contributed by atoms with Gasteiger partial charge in [-0.15, -0.1) is 0 Å². The molecule has 1 aliphatic carbocycles. The van der Waals surface area contributed by atoms with Crippen LogP contribution in [0.5, 0.6) is 0 Å². The predicted molar refractivity (Wildman–Crippen MR) is 82.5 cm³/mol. The molecule has 1 aliphatic heterocycles. The fraction of sp³-hybridized carbons (Fsp3) is 0.938. The monoisotopic (exact) mass is 281 g/mol. The first kappa shape index (κ1) is 15.8. The Hall–Kier alpha value is -0.610. The van der Waals surface area contributed by atoms with Crippen molar-refractivity contribution in [3.8, 4) is 0 Å². The van der Waals surface area contributed by atoms with Crippen molar-refractivity contribution in [2.24, 2.45) is 11.7 Å². The minimum Gasteiger partial charge on any atom is -0.343 e. The first-order valence-electron chi connectivity index (χ1n) is 8.35. The topological polar surface area (TPSA) is 49.6 Å². The lowest BCUT2D eigenvalue weighted by Crippen LogP contribution is -2.46. The molecule has 0 bridgehead atoms. The van der Waals surface area contributed by atoms with Crippen molar-refractivity contribution < 1.29 is 4.79 Å². The van der Waals surface area contributed by atoms with E-state index in [2.05, 4.69) is 11.8 Å². The largest absolute Gasteiger partial charge is 0.343 e. The Balaban J connectivity index is 1.79. The molecule has 1 amide bonds. The molecule has 0 radical (unpaired) electrons. The van der Waals surface area contributed by atoms with Gasteiger partial charge in [-0.3, -0.25) is 4.79 Å². The summed E-state index contributed by atoms with van der Waals surface area (Å²) in [5.41, 5.74) is 6.16. The van der Waals surface area contributed by atoms with E-state index in [1.807, 2.05) is 11.9 Å². The minimum absolute atomic E-state index is 0.239. The maximum atomic E-state index is 12.5. The average Bonchev–Trinajstić information content (AvgIpc) is 2.49. The summed E-state index contributed by atoms with van der Waals surface area (Å²) in [4.78, 5) is 16.9. The first-order chi connectivity index (χ1) is 9.61. The highest BCUT2D eigenvalue weighted by Gasteiger charge is 2.29. The number of hydrogen-bond acceptors (Lipinski definition) is 3. The van der Waals surface area contributed by atoms with Crippen molar-refractivity contribution in [2.45, 2.75) is 64.0 Å². The summed E-state index contributed by atoms with van der Waals surface area (Å²) in [6, 6.07) is 0.674. The van der Waals surface area contributed by atoms with E-state index in [0.717, 1.165) is 45.3 Å². The van der Waals surface area contributed by atoms with Crippen LogP contribution in [0.2, 0.25) is 0 Å². The Labute approximate surface area is 123 Å². The molecule has 1 saturated heterocycles. The van der Waals surface area contributed by atoms with Gasteiger partial charge in [-0.25, -0.2) is 0 Å². The van der Waals surface area contributed by atoms with Crippen molar-refractivity contribution in [1.29, 1.82) is 0 Å². The summed E-state index contributed by atoms with van der Waals surface area (Å²) >= 11 is 0. The molecule has 20 heavy (non-hydrogen) atoms. The second kappa shape index (κ2) is 7.41. The van der Waals surface area contributed by atoms with Crippen LogP contribution in [-0.2, 0) is 4.79 Å². The molecule has 4 heteroatoms. The number of amides is 1. The van der Waals surface area contributed by atoms with E-state index >= 15 is 0 Å². The SMILES string of the molecule is CCN1CCC(N(C)C(=O)CC2CCCCC2N)CC1. The zero-order valence-corrected chi connectivity index (χ0v) is 13.2. The van der Waals surface area contributed by atoms with Crippen LogP contribution in [0.3, 0.4) is 0 Å². The summed E-state index contributed by atoms with van der Waals surface area (Å²) in [6.07, 6.45) is 7.60. The Morgan fingerprint density at radius 1 is 1.20 bits per heavy atom. The predicted octanol–water partition coefficient (Wildman–Crippen LogP) is 1.84. The second-order valence-electron chi connectivity index (χ2n) is 6.58. The van der Waals surface area contributed by atoms with E-state index in [1.54, 1.807) is 0 Å². The standard InChI is InChI=1S/C16H31N3O/c1-3-19-10-8-14(9-11-19)18(2)16(20)12-13-6-4-5-7-15(13)17/h13-15H,3-12,17H2,1-2H3. The van der Waals surface area contributed by atoms with Crippen LogP contribution >= 0.6 is 0 Å². The number of piperidine rings is 1. The molecule has 2 rings (SSSR count). The zero-order valence-electron chi connectivity index (χ0n) is 13.2. The summed E-state index contributed by atoms with van der Waals surface area (Å²) < 4.78 is 0. The van der Waals surface area contributed by atoms with Crippen LogP contribution in [0, 0.1) is 5.92 Å². The number of likely N-dealkylation sites (tertiary alicyclic amines) is 1. The fourth-order valence-electron chi connectivity index (χ4n) is 3.68. The molecule has 2 N–H and O–H groups in total. The average molecular weight is 281 g/mol. The van der Waals surface area contributed by atoms with Gasteiger partial charge in [-0.2, -0.15) is 0 Å². The Morgan fingerprint density at radius 2 is 1.85 bits per heavy atom. The van der Waals surface area contributed by atoms with Gasteiger partial charge in [-0.05, 0) is 38.1 Å². The summed E-state index contributed by atoms with van der Waals surface area (Å²) in [7, 11) is 1.99. The van der Waals surface area contributed by atoms with Crippen LogP contribution in [-0.4, -0.2) is 54.5 Å². The summed E-state index contributed by atoms with van der Waals surface area (Å²) in [5.74, 6) is 0.719. The van der Waals surface area contributed by atoms with Crippen LogP contribution in [0.4, 0.5) is 0 Å². The molecule has 116 valence electrons. The highest BCUT2D eigenvalue weighted by atomic mass is 16.2. The van der Waals surface area contributed by atoms with E-state index in [0.29, 0.717) is 24.3 Å². The number of nitrogens with zero attached hydrogens (tertiary/aromatic N) is 2. The lowest BCUT2D eigenvalue weighted by atomic mass is 9.82. The maximum Gasteiger partial charge on any atom is 0.222 e. The Kier molecular flexibility index (Phi) is 5.85. The molecule has 2 fully saturated rings. The van der Waals surface area contributed by atoms with Gasteiger partial charge >= 0.3 is 0 Å². The van der Waals surface area contributed by atoms with E-state index in [4.69, 9.17) is 5.73 Å². The molecule has 2 atom stereocenters. The zero-order chi connectivity index (χ0) is 14.5. The van der Waals surface area contributed by atoms with Gasteiger partial charge in [0.25, 0.3) is 0 Å². The molecule has 4 nitrogen and oxygen atoms in total. The molecular formula is C16H31N3O. The summed E-state index contributed by atoms with van der Waals surface area (Å²) in [6.45, 7) is 5.59. The lowest BCUT2D eigenvalue weighted by molar-refractivity contribution is -0.134. The lowest BCUT2D eigenvalue weighted by Gasteiger charge is -2.37. The molecule has 1 saturated carbocycles. The Bertz CT molecular complexity index is 313. The highest BCUT2D eigenvalue weighted by Crippen LogP contribution is 2.27. The molecule has 0 aromatic carbocycles. The number of carbonyl (C=O) groups excluding carboxylic acids is 1. The number of carbonyl (C=O) groups is 1. The highest BCUT2D eigenvalue weighted by molar-refractivity contribution is 5.76. The van der Waals surface area contributed by atoms with Crippen molar-refractivity contribution in [1.82, 2.24) is 9.80 Å². The van der Waals surface area contributed by atoms with E-state index < -0.39 is 0 Å². The normalized spacial score (nSPS) is 29.4. The van der Waals surface area contributed by atoms with Gasteiger partial charge in [0.2, 0.25) is 5.91 Å². The van der Waals surface area contributed by atoms with Crippen molar-refractivity contribution >= 4 is 5.91 Å². The molecule has 1 heterocycles. The van der Waals surface area contributed by atoms with Crippen LogP contribution in [0.15, 0.2) is 0 Å². The van der Waals surface area contributed by atoms with Crippen molar-refractivity contribution in [3.05, 3.63) is 0 Å². The minimum atomic E-state index is 0.239. The van der Waals surface area contributed by atoms with Gasteiger partial charge in [0.1, 0.15) is 0 Å². The summed E-state index contributed by atoms with van der Waals surface area (Å²) in [5, 5.41) is 0. The van der Waals surface area contributed by atoms with E-state index in [-0.39, 0.29) is 6.04 Å². The van der Waals surface area contributed by atoms with Gasteiger partial charge in [-0.1, -0.05) is 19.8 Å². The maximum absolute atomic E-state index is 12.5. The van der Waals surface area contributed by atoms with Crippen molar-refractivity contribution in [3.63, 3.8) is 0 Å². The first-order valence-corrected chi connectivity index (χ1v) is 8.35. The quantitative estimate of drug-likeness (QED) is 0.855. The molecule has 2 unspecified atom stereocenters. The Morgan fingerprint density at radius 3 is 2.45 bits per heavy atom. The van der Waals surface area contributed by atoms with E-state index in [1.165, 1.54) is 12.8 Å². The number of nitrogens with two attached hydrogens (primary N) is 1. The van der Waals surface area contributed by atoms with Gasteiger partial charge < -0.3 is 15.5 Å². The fourth-order valence-corrected chi connectivity index (χ4v) is 3.68. The van der Waals surface area contributed by atoms with Crippen LogP contribution in [0.25, 0.3) is 0 Å². The smallest absolute Gasteiger partial charge is 0.222 e. The van der Waals surface area contributed by atoms with Crippen molar-refractivity contribution in [2.75, 3.05) is 26.7 Å². The number of rotatable bonds is 4. The number of hydrogen-bond donors (Lipinski definition) is 1. The third-order valence-electron chi connectivity index (χ3n) is 5.35. The van der Waals surface area contributed by atoms with Gasteiger partial charge in [0.05, 0.1) is 0 Å². The van der Waals surface area contributed by atoms with Crippen LogP contribution in [0.1, 0.15) is 51.9 Å². The third kappa shape index (κ3) is 3.95. The molecule has 0 aromatic rings. The molecule has 0 spiro atoms. The molecule has 2 aliphatic rings. The molecule has 0 aromatic heterocycles. The third-order valence-corrected chi connectivity index (χ3v) is 5.35.